The third-order valence-electron chi connectivity index (χ3n) is 7.51. The fourth-order valence-electron chi connectivity index (χ4n) is 6.23. The van der Waals surface area contributed by atoms with Gasteiger partial charge >= 0.3 is 5.97 Å². The lowest BCUT2D eigenvalue weighted by atomic mass is 9.61. The number of carboxylic acids is 1. The summed E-state index contributed by atoms with van der Waals surface area (Å²) in [5.41, 5.74) is -2.38. The molecule has 0 radical (unpaired) electrons. The molecule has 1 spiro atoms. The monoisotopic (exact) mass is 385 g/mol. The van der Waals surface area contributed by atoms with E-state index >= 15 is 0 Å². The molecule has 7 heteroatoms. The number of Topliss-reactive ketones (excluding diaryl/α,β-unsaturated/α-hetero) is 1. The predicted molar refractivity (Wildman–Crippen MR) is 96.1 cm³/mol. The molecule has 3 saturated heterocycles. The molecule has 8 atom stereocenters. The Labute approximate surface area is 162 Å². The minimum atomic E-state index is -1.26. The van der Waals surface area contributed by atoms with E-state index in [-0.39, 0.29) is 11.7 Å². The van der Waals surface area contributed by atoms with Gasteiger partial charge in [-0.1, -0.05) is 26.0 Å². The average Bonchev–Trinajstić information content (AvgIpc) is 3.34. The first-order valence-electron chi connectivity index (χ1n) is 9.68. The Kier molecular flexibility index (Phi) is 3.25. The molecule has 5 heterocycles. The number of carbonyl (C=O) groups is 3. The van der Waals surface area contributed by atoms with Crippen LogP contribution in [-0.4, -0.2) is 45.4 Å². The van der Waals surface area contributed by atoms with Crippen LogP contribution in [-0.2, 0) is 19.1 Å². The molecule has 5 rings (SSSR count). The van der Waals surface area contributed by atoms with Gasteiger partial charge in [0, 0.05) is 11.8 Å². The Bertz CT molecular complexity index is 948. The van der Waals surface area contributed by atoms with Crippen LogP contribution in [0, 0.1) is 30.1 Å². The molecule has 1 aromatic heterocycles. The van der Waals surface area contributed by atoms with Crippen LogP contribution in [0.1, 0.15) is 38.3 Å². The smallest absolute Gasteiger partial charge is 0.310 e. The molecular weight excluding hydrogens is 362 g/mol. The van der Waals surface area contributed by atoms with Crippen molar-refractivity contribution in [3.63, 3.8) is 0 Å². The van der Waals surface area contributed by atoms with E-state index in [9.17, 15) is 19.5 Å². The maximum atomic E-state index is 13.8. The maximum absolute atomic E-state index is 13.8. The van der Waals surface area contributed by atoms with E-state index in [4.69, 9.17) is 9.15 Å². The number of ether oxygens (including phenoxy) is 1. The number of carbonyl (C=O) groups excluding carboxylic acids is 2. The van der Waals surface area contributed by atoms with Crippen molar-refractivity contribution >= 4 is 17.7 Å². The Balaban J connectivity index is 1.73. The van der Waals surface area contributed by atoms with Crippen molar-refractivity contribution < 1.29 is 28.6 Å². The lowest BCUT2D eigenvalue weighted by Gasteiger charge is -2.46. The van der Waals surface area contributed by atoms with Crippen LogP contribution in [0.3, 0.4) is 0 Å². The van der Waals surface area contributed by atoms with Gasteiger partial charge in [0.1, 0.15) is 28.8 Å². The highest BCUT2D eigenvalue weighted by molar-refractivity contribution is 5.98. The number of nitrogens with zero attached hydrogens (tertiary/aromatic N) is 1. The summed E-state index contributed by atoms with van der Waals surface area (Å²) in [7, 11) is 0. The molecule has 28 heavy (non-hydrogen) atoms. The molecule has 0 aliphatic carbocycles. The summed E-state index contributed by atoms with van der Waals surface area (Å²) in [6.07, 6.45) is 2.90. The number of carboxylic acid groups (broad SMARTS) is 1. The number of furan rings is 1. The van der Waals surface area contributed by atoms with Gasteiger partial charge in [-0.15, -0.1) is 0 Å². The van der Waals surface area contributed by atoms with Gasteiger partial charge in [-0.2, -0.15) is 0 Å². The van der Waals surface area contributed by atoms with Gasteiger partial charge in [-0.3, -0.25) is 14.4 Å². The van der Waals surface area contributed by atoms with Crippen molar-refractivity contribution in [1.82, 2.24) is 4.90 Å². The first kappa shape index (κ1) is 17.7. The van der Waals surface area contributed by atoms with E-state index < -0.39 is 52.9 Å². The van der Waals surface area contributed by atoms with Crippen molar-refractivity contribution in [1.29, 1.82) is 0 Å². The first-order valence-corrected chi connectivity index (χ1v) is 9.68. The van der Waals surface area contributed by atoms with Crippen LogP contribution >= 0.6 is 0 Å². The SMILES string of the molecule is Cc1ccc([C@H]2[C@H](C)C(=O)[C@H](C)[C@@H]3N2C(=O)[C@]2(C)[C@H](C(=O)O)[C@H]4C=C[C@@]32O4)o1. The van der Waals surface area contributed by atoms with Crippen LogP contribution in [0.2, 0.25) is 0 Å². The van der Waals surface area contributed by atoms with E-state index in [1.807, 2.05) is 32.9 Å². The number of amides is 1. The van der Waals surface area contributed by atoms with E-state index in [0.717, 1.165) is 0 Å². The van der Waals surface area contributed by atoms with Crippen LogP contribution < -0.4 is 0 Å². The zero-order chi connectivity index (χ0) is 20.2. The molecule has 7 nitrogen and oxygen atoms in total. The van der Waals surface area contributed by atoms with Crippen LogP contribution in [0.5, 0.6) is 0 Å². The Morgan fingerprint density at radius 2 is 1.93 bits per heavy atom. The zero-order valence-corrected chi connectivity index (χ0v) is 16.2. The molecule has 2 bridgehead atoms. The highest BCUT2D eigenvalue weighted by atomic mass is 16.5. The van der Waals surface area contributed by atoms with Gasteiger partial charge in [0.2, 0.25) is 5.91 Å². The standard InChI is InChI=1S/C21H23NO6/c1-9-5-6-13(27-9)15-10(2)16(23)11(3)17-21-8-7-12(28-21)14(18(24)25)20(21,4)19(26)22(15)17/h5-8,10-12,14-15,17H,1-4H3,(H,24,25)/t10-,11-,12+,14-,15+,17-,20-,21+/m0/s1. The quantitative estimate of drug-likeness (QED) is 0.783. The average molecular weight is 385 g/mol. The summed E-state index contributed by atoms with van der Waals surface area (Å²) in [4.78, 5) is 40.8. The number of aliphatic carboxylic acids is 1. The van der Waals surface area contributed by atoms with Gasteiger partial charge < -0.3 is 19.2 Å². The second-order valence-electron chi connectivity index (χ2n) is 8.78. The van der Waals surface area contributed by atoms with Gasteiger partial charge in [-0.25, -0.2) is 0 Å². The normalized spacial score (nSPS) is 46.2. The highest BCUT2D eigenvalue weighted by Gasteiger charge is 2.81. The van der Waals surface area contributed by atoms with Crippen molar-refractivity contribution in [3.05, 3.63) is 35.8 Å². The largest absolute Gasteiger partial charge is 0.481 e. The Hall–Kier alpha value is -2.41. The number of hydrogen-bond acceptors (Lipinski definition) is 5. The van der Waals surface area contributed by atoms with Gasteiger partial charge in [0.05, 0.1) is 23.6 Å². The first-order chi connectivity index (χ1) is 13.1. The van der Waals surface area contributed by atoms with Crippen molar-refractivity contribution in [2.24, 2.45) is 23.2 Å². The molecule has 4 aliphatic heterocycles. The van der Waals surface area contributed by atoms with E-state index in [0.29, 0.717) is 11.5 Å². The van der Waals surface area contributed by atoms with Crippen molar-refractivity contribution in [3.8, 4) is 0 Å². The van der Waals surface area contributed by atoms with Crippen LogP contribution in [0.15, 0.2) is 28.7 Å². The third-order valence-corrected chi connectivity index (χ3v) is 7.51. The van der Waals surface area contributed by atoms with E-state index in [1.54, 1.807) is 24.0 Å². The molecular formula is C21H23NO6. The number of hydrogen-bond donors (Lipinski definition) is 1. The summed E-state index contributed by atoms with van der Waals surface area (Å²) in [6, 6.07) is 2.47. The second kappa shape index (κ2) is 5.14. The van der Waals surface area contributed by atoms with Gasteiger partial charge in [0.25, 0.3) is 0 Å². The molecule has 1 aromatic rings. The fourth-order valence-corrected chi connectivity index (χ4v) is 6.23. The summed E-state index contributed by atoms with van der Waals surface area (Å²) in [6.45, 7) is 7.11. The van der Waals surface area contributed by atoms with Crippen LogP contribution in [0.4, 0.5) is 0 Å². The molecule has 0 saturated carbocycles. The number of fused-ring (bicyclic) bond motifs is 2. The van der Waals surface area contributed by atoms with Crippen LogP contribution in [0.25, 0.3) is 0 Å². The molecule has 4 aliphatic rings. The number of rotatable bonds is 2. The van der Waals surface area contributed by atoms with Gasteiger partial charge in [0.15, 0.2) is 0 Å². The maximum Gasteiger partial charge on any atom is 0.310 e. The summed E-state index contributed by atoms with van der Waals surface area (Å²) < 4.78 is 12.0. The molecule has 148 valence electrons. The molecule has 1 N–H and O–H groups in total. The Morgan fingerprint density at radius 1 is 1.21 bits per heavy atom. The summed E-state index contributed by atoms with van der Waals surface area (Å²) in [5, 5.41) is 9.88. The lowest BCUT2D eigenvalue weighted by molar-refractivity contribution is -0.158. The predicted octanol–water partition coefficient (Wildman–Crippen LogP) is 2.11. The molecule has 0 aromatic carbocycles. The molecule has 1 amide bonds. The second-order valence-corrected chi connectivity index (χ2v) is 8.78. The number of piperidine rings is 1. The fraction of sp³-hybridized carbons (Fsp3) is 0.571. The topological polar surface area (TPSA) is 97.1 Å². The summed E-state index contributed by atoms with van der Waals surface area (Å²) in [5.74, 6) is -1.95. The lowest BCUT2D eigenvalue weighted by Crippen LogP contribution is -2.58. The Morgan fingerprint density at radius 3 is 2.54 bits per heavy atom. The molecule has 0 unspecified atom stereocenters. The molecule has 3 fully saturated rings. The number of ketones is 1. The van der Waals surface area contributed by atoms with Gasteiger partial charge in [-0.05, 0) is 26.0 Å². The minimum absolute atomic E-state index is 0.0333. The number of aryl methyl sites for hydroxylation is 1. The zero-order valence-electron chi connectivity index (χ0n) is 16.2. The summed E-state index contributed by atoms with van der Waals surface area (Å²) >= 11 is 0. The van der Waals surface area contributed by atoms with Crippen molar-refractivity contribution in [2.45, 2.75) is 51.5 Å². The van der Waals surface area contributed by atoms with E-state index in [2.05, 4.69) is 0 Å². The minimum Gasteiger partial charge on any atom is -0.481 e. The van der Waals surface area contributed by atoms with Crippen molar-refractivity contribution in [2.75, 3.05) is 0 Å². The highest BCUT2D eigenvalue weighted by Crippen LogP contribution is 2.66. The third kappa shape index (κ3) is 1.68. The van der Waals surface area contributed by atoms with E-state index in [1.165, 1.54) is 0 Å².